The fraction of sp³-hybridized carbons (Fsp3) is 0.353. The number of likely N-dealkylation sites (tertiary alicyclic amines) is 1. The highest BCUT2D eigenvalue weighted by atomic mass is 32.1. The summed E-state index contributed by atoms with van der Waals surface area (Å²) in [7, 11) is 0. The molecule has 1 aliphatic heterocycles. The molecule has 1 aliphatic rings. The molecule has 0 saturated carbocycles. The first-order valence-electron chi connectivity index (χ1n) is 8.06. The van der Waals surface area contributed by atoms with Crippen molar-refractivity contribution in [2.45, 2.75) is 12.2 Å². The molecule has 144 valence electrons. The zero-order valence-corrected chi connectivity index (χ0v) is 14.7. The third kappa shape index (κ3) is 4.21. The average molecular weight is 399 g/mol. The van der Waals surface area contributed by atoms with Gasteiger partial charge in [0.15, 0.2) is 0 Å². The van der Waals surface area contributed by atoms with E-state index >= 15 is 0 Å². The van der Waals surface area contributed by atoms with E-state index in [2.05, 4.69) is 10.3 Å². The molecule has 6 nitrogen and oxygen atoms in total. The maximum absolute atomic E-state index is 13.1. The number of hydrogen-bond acceptors (Lipinski definition) is 4. The van der Waals surface area contributed by atoms with E-state index < -0.39 is 49.1 Å². The summed E-state index contributed by atoms with van der Waals surface area (Å²) >= 11 is 1.30. The Morgan fingerprint density at radius 1 is 1.26 bits per heavy atom. The minimum atomic E-state index is -4.69. The lowest BCUT2D eigenvalue weighted by Gasteiger charge is -2.23. The highest BCUT2D eigenvalue weighted by Crippen LogP contribution is 2.38. The number of benzene rings is 1. The smallest absolute Gasteiger partial charge is 0.394 e. The van der Waals surface area contributed by atoms with Crippen molar-refractivity contribution in [1.29, 1.82) is 0 Å². The second kappa shape index (κ2) is 7.55. The molecule has 1 fully saturated rings. The Kier molecular flexibility index (Phi) is 5.36. The van der Waals surface area contributed by atoms with E-state index in [4.69, 9.17) is 5.11 Å². The lowest BCUT2D eigenvalue weighted by molar-refractivity contribution is -0.187. The van der Waals surface area contributed by atoms with E-state index in [9.17, 15) is 22.8 Å². The van der Waals surface area contributed by atoms with Crippen molar-refractivity contribution in [3.63, 3.8) is 0 Å². The Labute approximate surface area is 156 Å². The number of nitrogens with zero attached hydrogens (tertiary/aromatic N) is 2. The Hall–Kier alpha value is -2.62. The highest BCUT2D eigenvalue weighted by molar-refractivity contribution is 7.09. The second-order valence-corrected chi connectivity index (χ2v) is 7.09. The number of nitrogens with one attached hydrogen (secondary N) is 1. The van der Waals surface area contributed by atoms with Gasteiger partial charge in [0.1, 0.15) is 11.0 Å². The van der Waals surface area contributed by atoms with Gasteiger partial charge in [0.25, 0.3) is 0 Å². The van der Waals surface area contributed by atoms with Gasteiger partial charge >= 0.3 is 18.2 Å². The van der Waals surface area contributed by atoms with Gasteiger partial charge in [-0.05, 0) is 5.56 Å². The Bertz CT molecular complexity index is 799. The molecule has 0 radical (unpaired) electrons. The van der Waals surface area contributed by atoms with Crippen molar-refractivity contribution in [1.82, 2.24) is 15.2 Å². The van der Waals surface area contributed by atoms with Crippen molar-refractivity contribution >= 4 is 23.3 Å². The molecule has 0 aliphatic carbocycles. The van der Waals surface area contributed by atoms with Gasteiger partial charge in [-0.2, -0.15) is 13.2 Å². The zero-order chi connectivity index (χ0) is 19.6. The first kappa shape index (κ1) is 19.2. The fourth-order valence-corrected chi connectivity index (χ4v) is 3.79. The third-order valence-corrected chi connectivity index (χ3v) is 5.28. The van der Waals surface area contributed by atoms with Crippen molar-refractivity contribution in [2.75, 3.05) is 13.1 Å². The van der Waals surface area contributed by atoms with Crippen LogP contribution in [0.25, 0.3) is 0 Å². The molecule has 2 amide bonds. The number of aliphatic carboxylic acids is 1. The number of carboxylic acids is 1. The van der Waals surface area contributed by atoms with Crippen molar-refractivity contribution < 1.29 is 27.9 Å². The van der Waals surface area contributed by atoms with Crippen LogP contribution >= 0.6 is 11.3 Å². The number of amides is 2. The van der Waals surface area contributed by atoms with E-state index in [0.717, 1.165) is 10.5 Å². The molecule has 27 heavy (non-hydrogen) atoms. The first-order valence-corrected chi connectivity index (χ1v) is 8.94. The van der Waals surface area contributed by atoms with E-state index in [1.165, 1.54) is 11.3 Å². The van der Waals surface area contributed by atoms with Crippen LogP contribution in [0.3, 0.4) is 0 Å². The molecule has 3 rings (SSSR count). The number of carbonyl (C=O) groups excluding carboxylic acids is 1. The summed E-state index contributed by atoms with van der Waals surface area (Å²) in [6.45, 7) is -1.18. The van der Waals surface area contributed by atoms with E-state index in [1.807, 2.05) is 0 Å². The van der Waals surface area contributed by atoms with Crippen LogP contribution in [0.15, 0.2) is 41.9 Å². The molecule has 3 atom stereocenters. The molecule has 1 saturated heterocycles. The predicted octanol–water partition coefficient (Wildman–Crippen LogP) is 3.14. The van der Waals surface area contributed by atoms with Crippen LogP contribution in [0.4, 0.5) is 18.0 Å². The molecule has 10 heteroatoms. The number of hydrogen-bond donors (Lipinski definition) is 2. The fourth-order valence-electron chi connectivity index (χ4n) is 3.08. The summed E-state index contributed by atoms with van der Waals surface area (Å²) in [6, 6.07) is 7.51. The minimum Gasteiger partial charge on any atom is -0.481 e. The quantitative estimate of drug-likeness (QED) is 0.828. The number of thiazole rings is 1. The maximum atomic E-state index is 13.1. The lowest BCUT2D eigenvalue weighted by atomic mass is 9.96. The van der Waals surface area contributed by atoms with Crippen molar-refractivity contribution in [2.24, 2.45) is 11.8 Å². The van der Waals surface area contributed by atoms with Crippen molar-refractivity contribution in [3.05, 3.63) is 52.5 Å². The van der Waals surface area contributed by atoms with Crippen LogP contribution in [0.5, 0.6) is 0 Å². The van der Waals surface area contributed by atoms with Gasteiger partial charge in [0.2, 0.25) is 0 Å². The summed E-state index contributed by atoms with van der Waals surface area (Å²) in [5, 5.41) is 14.1. The molecule has 2 heterocycles. The number of urea groups is 1. The largest absolute Gasteiger partial charge is 0.481 e. The number of carbonyl (C=O) groups is 2. The summed E-state index contributed by atoms with van der Waals surface area (Å²) in [5.74, 6) is -5.33. The van der Waals surface area contributed by atoms with E-state index in [1.54, 1.807) is 41.9 Å². The molecule has 1 aromatic heterocycles. The van der Waals surface area contributed by atoms with Crippen LogP contribution in [0.1, 0.15) is 16.6 Å². The van der Waals surface area contributed by atoms with Gasteiger partial charge in [-0.1, -0.05) is 30.3 Å². The van der Waals surface area contributed by atoms with Gasteiger partial charge in [-0.25, -0.2) is 9.78 Å². The van der Waals surface area contributed by atoms with Crippen LogP contribution in [0.2, 0.25) is 0 Å². The van der Waals surface area contributed by atoms with Gasteiger partial charge in [-0.15, -0.1) is 11.3 Å². The van der Waals surface area contributed by atoms with Crippen molar-refractivity contribution in [3.8, 4) is 0 Å². The monoisotopic (exact) mass is 399 g/mol. The predicted molar refractivity (Wildman–Crippen MR) is 91.2 cm³/mol. The Morgan fingerprint density at radius 3 is 2.48 bits per heavy atom. The zero-order valence-electron chi connectivity index (χ0n) is 13.9. The molecule has 1 aromatic carbocycles. The van der Waals surface area contributed by atoms with Gasteiger partial charge in [-0.3, -0.25) is 4.79 Å². The number of rotatable bonds is 4. The Balaban J connectivity index is 1.79. The number of alkyl halides is 3. The second-order valence-electron chi connectivity index (χ2n) is 6.16. The molecule has 1 unspecified atom stereocenters. The minimum absolute atomic E-state index is 0.495. The standard InChI is InChI=1S/C17H16F3N3O3S/c18-17(19,20)12-9-23(8-11(12)15(24)25)16(26)22-13(14-21-6-7-27-14)10-4-2-1-3-5-10/h1-7,11-13H,8-9H2,(H,22,26)(H,24,25)/t11-,12-,13?/m1/s1. The number of aromatic nitrogens is 1. The van der Waals surface area contributed by atoms with Crippen LogP contribution in [-0.2, 0) is 4.79 Å². The molecular weight excluding hydrogens is 383 g/mol. The summed E-state index contributed by atoms with van der Waals surface area (Å²) in [4.78, 5) is 28.9. The SMILES string of the molecule is O=C(O)[C@@H]1CN(C(=O)NC(c2ccccc2)c2nccs2)C[C@H]1C(F)(F)F. The summed E-state index contributed by atoms with van der Waals surface area (Å²) in [5.41, 5.74) is 0.724. The third-order valence-electron chi connectivity index (χ3n) is 4.44. The maximum Gasteiger partial charge on any atom is 0.394 e. The van der Waals surface area contributed by atoms with Crippen LogP contribution < -0.4 is 5.32 Å². The first-order chi connectivity index (χ1) is 12.8. The van der Waals surface area contributed by atoms with E-state index in [-0.39, 0.29) is 0 Å². The Morgan fingerprint density at radius 2 is 1.96 bits per heavy atom. The lowest BCUT2D eigenvalue weighted by Crippen LogP contribution is -2.41. The van der Waals surface area contributed by atoms with Crippen LogP contribution in [0, 0.1) is 11.8 Å². The molecule has 2 aromatic rings. The molecule has 2 N–H and O–H groups in total. The van der Waals surface area contributed by atoms with Gasteiger partial charge in [0, 0.05) is 24.7 Å². The van der Waals surface area contributed by atoms with Gasteiger partial charge in [0.05, 0.1) is 11.8 Å². The number of halogens is 3. The number of carboxylic acid groups (broad SMARTS) is 1. The normalized spacial score (nSPS) is 21.1. The van der Waals surface area contributed by atoms with E-state index in [0.29, 0.717) is 5.01 Å². The van der Waals surface area contributed by atoms with Gasteiger partial charge < -0.3 is 15.3 Å². The molecular formula is C17H16F3N3O3S. The van der Waals surface area contributed by atoms with Crippen LogP contribution in [-0.4, -0.2) is 46.3 Å². The highest BCUT2D eigenvalue weighted by Gasteiger charge is 2.53. The summed E-state index contributed by atoms with van der Waals surface area (Å²) in [6.07, 6.45) is -3.12. The topological polar surface area (TPSA) is 82.5 Å². The molecule has 0 spiro atoms. The summed E-state index contributed by atoms with van der Waals surface area (Å²) < 4.78 is 39.4. The average Bonchev–Trinajstić information content (AvgIpc) is 3.29. The molecule has 0 bridgehead atoms.